The van der Waals surface area contributed by atoms with Gasteiger partial charge in [0.1, 0.15) is 10.6 Å². The normalized spacial score (nSPS) is 11.2. The summed E-state index contributed by atoms with van der Waals surface area (Å²) in [4.78, 5) is 13.5. The van der Waals surface area contributed by atoms with Gasteiger partial charge in [0.2, 0.25) is 15.9 Å². The summed E-state index contributed by atoms with van der Waals surface area (Å²) in [6, 6.07) is 4.87. The van der Waals surface area contributed by atoms with Crippen molar-refractivity contribution in [2.75, 3.05) is 26.7 Å². The van der Waals surface area contributed by atoms with Crippen molar-refractivity contribution in [3.63, 3.8) is 0 Å². The van der Waals surface area contributed by atoms with E-state index in [1.807, 2.05) is 13.8 Å². The highest BCUT2D eigenvalue weighted by atomic mass is 32.2. The molecular formula is C14H22N2O4S. The van der Waals surface area contributed by atoms with Gasteiger partial charge >= 0.3 is 0 Å². The molecule has 0 saturated carbocycles. The Morgan fingerprint density at radius 2 is 1.90 bits per heavy atom. The first-order chi connectivity index (χ1) is 9.85. The van der Waals surface area contributed by atoms with Crippen LogP contribution in [0, 0.1) is 6.92 Å². The maximum absolute atomic E-state index is 12.3. The summed E-state index contributed by atoms with van der Waals surface area (Å²) in [6.07, 6.45) is 0. The lowest BCUT2D eigenvalue weighted by Crippen LogP contribution is -2.40. The smallest absolute Gasteiger partial charge is 0.244 e. The monoisotopic (exact) mass is 314 g/mol. The Hall–Kier alpha value is -1.60. The van der Waals surface area contributed by atoms with E-state index in [0.29, 0.717) is 13.1 Å². The average molecular weight is 314 g/mol. The molecule has 0 aromatic heterocycles. The lowest BCUT2D eigenvalue weighted by atomic mass is 10.2. The third-order valence-corrected chi connectivity index (χ3v) is 4.56. The fourth-order valence-corrected chi connectivity index (χ4v) is 3.14. The molecule has 0 aliphatic heterocycles. The molecule has 7 heteroatoms. The molecule has 0 atom stereocenters. The maximum atomic E-state index is 12.3. The minimum Gasteiger partial charge on any atom is -0.495 e. The van der Waals surface area contributed by atoms with Crippen LogP contribution in [0.4, 0.5) is 0 Å². The zero-order chi connectivity index (χ0) is 16.0. The Balaban J connectivity index is 2.92. The highest BCUT2D eigenvalue weighted by Gasteiger charge is 2.21. The van der Waals surface area contributed by atoms with Gasteiger partial charge in [-0.05, 0) is 38.5 Å². The van der Waals surface area contributed by atoms with Gasteiger partial charge in [-0.15, -0.1) is 0 Å². The van der Waals surface area contributed by atoms with Crippen molar-refractivity contribution in [3.05, 3.63) is 23.8 Å². The van der Waals surface area contributed by atoms with Crippen LogP contribution in [-0.2, 0) is 14.8 Å². The summed E-state index contributed by atoms with van der Waals surface area (Å²) >= 11 is 0. The summed E-state index contributed by atoms with van der Waals surface area (Å²) in [5, 5.41) is 0. The molecular weight excluding hydrogens is 292 g/mol. The van der Waals surface area contributed by atoms with Crippen LogP contribution in [-0.4, -0.2) is 46.0 Å². The fourth-order valence-electron chi connectivity index (χ4n) is 1.92. The number of hydrogen-bond donors (Lipinski definition) is 1. The van der Waals surface area contributed by atoms with Crippen LogP contribution in [0.3, 0.4) is 0 Å². The third kappa shape index (κ3) is 4.44. The molecule has 6 nitrogen and oxygen atoms in total. The van der Waals surface area contributed by atoms with Crippen molar-refractivity contribution in [1.29, 1.82) is 0 Å². The second-order valence-electron chi connectivity index (χ2n) is 4.54. The summed E-state index contributed by atoms with van der Waals surface area (Å²) in [7, 11) is -2.39. The molecule has 0 fully saturated rings. The molecule has 1 N–H and O–H groups in total. The molecule has 0 bridgehead atoms. The van der Waals surface area contributed by atoms with Crippen molar-refractivity contribution in [1.82, 2.24) is 9.62 Å². The van der Waals surface area contributed by atoms with Gasteiger partial charge in [-0.3, -0.25) is 4.79 Å². The Labute approximate surface area is 126 Å². The Bertz CT molecular complexity index is 595. The van der Waals surface area contributed by atoms with Gasteiger partial charge in [-0.2, -0.15) is 0 Å². The zero-order valence-electron chi connectivity index (χ0n) is 12.8. The molecule has 0 spiro atoms. The number of benzene rings is 1. The van der Waals surface area contributed by atoms with Gasteiger partial charge in [0.15, 0.2) is 0 Å². The number of carbonyl (C=O) groups excluding carboxylic acids is 1. The van der Waals surface area contributed by atoms with Crippen LogP contribution in [0.2, 0.25) is 0 Å². The number of amides is 1. The number of methoxy groups -OCH3 is 1. The van der Waals surface area contributed by atoms with Gasteiger partial charge in [0, 0.05) is 13.1 Å². The minimum absolute atomic E-state index is 0.0392. The maximum Gasteiger partial charge on any atom is 0.244 e. The second kappa shape index (κ2) is 7.42. The Morgan fingerprint density at radius 3 is 2.43 bits per heavy atom. The zero-order valence-corrected chi connectivity index (χ0v) is 13.7. The van der Waals surface area contributed by atoms with Crippen molar-refractivity contribution in [3.8, 4) is 5.75 Å². The predicted molar refractivity (Wildman–Crippen MR) is 80.8 cm³/mol. The first kappa shape index (κ1) is 17.5. The Kier molecular flexibility index (Phi) is 6.17. The van der Waals surface area contributed by atoms with Crippen molar-refractivity contribution < 1.29 is 17.9 Å². The highest BCUT2D eigenvalue weighted by molar-refractivity contribution is 7.89. The standard InChI is InChI=1S/C14H22N2O4S/c1-5-16(6-2)14(17)10-15-21(18,19)13-9-11(3)7-8-12(13)20-4/h7-9,15H,5-6,10H2,1-4H3. The molecule has 0 unspecified atom stereocenters. The predicted octanol–water partition coefficient (Wildman–Crippen LogP) is 1.15. The molecule has 1 amide bonds. The van der Waals surface area contributed by atoms with E-state index in [-0.39, 0.29) is 23.1 Å². The van der Waals surface area contributed by atoms with E-state index in [2.05, 4.69) is 4.72 Å². The molecule has 0 aliphatic rings. The quantitative estimate of drug-likeness (QED) is 0.819. The molecule has 1 aromatic carbocycles. The van der Waals surface area contributed by atoms with Gasteiger partial charge in [0.25, 0.3) is 0 Å². The molecule has 21 heavy (non-hydrogen) atoms. The lowest BCUT2D eigenvalue weighted by Gasteiger charge is -2.19. The van der Waals surface area contributed by atoms with E-state index in [4.69, 9.17) is 4.74 Å². The minimum atomic E-state index is -3.79. The third-order valence-electron chi connectivity index (χ3n) is 3.14. The van der Waals surface area contributed by atoms with E-state index in [1.165, 1.54) is 13.2 Å². The molecule has 1 aromatic rings. The van der Waals surface area contributed by atoms with E-state index in [9.17, 15) is 13.2 Å². The number of nitrogens with one attached hydrogen (secondary N) is 1. The number of hydrogen-bond acceptors (Lipinski definition) is 4. The first-order valence-electron chi connectivity index (χ1n) is 6.77. The van der Waals surface area contributed by atoms with E-state index in [0.717, 1.165) is 5.56 Å². The summed E-state index contributed by atoms with van der Waals surface area (Å²) in [5.74, 6) is -0.00131. The topological polar surface area (TPSA) is 75.7 Å². The number of likely N-dealkylation sites (N-methyl/N-ethyl adjacent to an activating group) is 1. The summed E-state index contributed by atoms with van der Waals surface area (Å²) in [5.41, 5.74) is 0.797. The van der Waals surface area contributed by atoms with Gasteiger partial charge in [-0.1, -0.05) is 6.07 Å². The number of ether oxygens (including phenoxy) is 1. The number of rotatable bonds is 7. The molecule has 0 aliphatic carbocycles. The molecule has 118 valence electrons. The first-order valence-corrected chi connectivity index (χ1v) is 8.26. The van der Waals surface area contributed by atoms with Crippen LogP contribution in [0.25, 0.3) is 0 Å². The SMILES string of the molecule is CCN(CC)C(=O)CNS(=O)(=O)c1cc(C)ccc1OC. The largest absolute Gasteiger partial charge is 0.495 e. The molecule has 0 radical (unpaired) electrons. The van der Waals surface area contributed by atoms with E-state index in [1.54, 1.807) is 24.0 Å². The second-order valence-corrected chi connectivity index (χ2v) is 6.28. The van der Waals surface area contributed by atoms with E-state index < -0.39 is 10.0 Å². The van der Waals surface area contributed by atoms with Crippen LogP contribution < -0.4 is 9.46 Å². The highest BCUT2D eigenvalue weighted by Crippen LogP contribution is 2.24. The number of nitrogens with zero attached hydrogens (tertiary/aromatic N) is 1. The van der Waals surface area contributed by atoms with Crippen molar-refractivity contribution >= 4 is 15.9 Å². The van der Waals surface area contributed by atoms with Crippen LogP contribution >= 0.6 is 0 Å². The van der Waals surface area contributed by atoms with Crippen LogP contribution in [0.15, 0.2) is 23.1 Å². The average Bonchev–Trinajstić information content (AvgIpc) is 2.46. The van der Waals surface area contributed by atoms with Crippen LogP contribution in [0.5, 0.6) is 5.75 Å². The van der Waals surface area contributed by atoms with Crippen molar-refractivity contribution in [2.24, 2.45) is 0 Å². The van der Waals surface area contributed by atoms with Crippen molar-refractivity contribution in [2.45, 2.75) is 25.7 Å². The van der Waals surface area contributed by atoms with Gasteiger partial charge in [-0.25, -0.2) is 13.1 Å². The molecule has 0 heterocycles. The molecule has 1 rings (SSSR count). The fraction of sp³-hybridized carbons (Fsp3) is 0.500. The number of carbonyl (C=O) groups is 1. The molecule has 0 saturated heterocycles. The van der Waals surface area contributed by atoms with E-state index >= 15 is 0 Å². The van der Waals surface area contributed by atoms with Gasteiger partial charge in [0.05, 0.1) is 13.7 Å². The number of sulfonamides is 1. The summed E-state index contributed by atoms with van der Waals surface area (Å²) < 4.78 is 32.0. The number of aryl methyl sites for hydroxylation is 1. The Morgan fingerprint density at radius 1 is 1.29 bits per heavy atom. The van der Waals surface area contributed by atoms with Crippen LogP contribution in [0.1, 0.15) is 19.4 Å². The summed E-state index contributed by atoms with van der Waals surface area (Å²) in [6.45, 7) is 6.31. The lowest BCUT2D eigenvalue weighted by molar-refractivity contribution is -0.129. The van der Waals surface area contributed by atoms with Gasteiger partial charge < -0.3 is 9.64 Å².